The van der Waals surface area contributed by atoms with Gasteiger partial charge in [-0.05, 0) is 48.3 Å². The quantitative estimate of drug-likeness (QED) is 0.916. The van der Waals surface area contributed by atoms with E-state index in [1.165, 1.54) is 4.88 Å². The summed E-state index contributed by atoms with van der Waals surface area (Å²) < 4.78 is 6.61. The summed E-state index contributed by atoms with van der Waals surface area (Å²) in [6, 6.07) is 2.05. The van der Waals surface area contributed by atoms with E-state index in [-0.39, 0.29) is 0 Å². The zero-order valence-corrected chi connectivity index (χ0v) is 12.5. The molecule has 0 radical (unpaired) electrons. The molecular formula is C13H15BrO2S. The zero-order chi connectivity index (χ0) is 12.6. The first-order chi connectivity index (χ1) is 7.99. The summed E-state index contributed by atoms with van der Waals surface area (Å²) in [4.78, 5) is 1.17. The second-order valence-electron chi connectivity index (χ2n) is 4.20. The topological polar surface area (TPSA) is 33.4 Å². The van der Waals surface area contributed by atoms with E-state index in [1.54, 1.807) is 11.3 Å². The van der Waals surface area contributed by atoms with Gasteiger partial charge in [0.25, 0.3) is 0 Å². The Labute approximate surface area is 113 Å². The summed E-state index contributed by atoms with van der Waals surface area (Å²) >= 11 is 5.08. The molecule has 0 aromatic carbocycles. The lowest BCUT2D eigenvalue weighted by molar-refractivity contribution is 0.177. The predicted molar refractivity (Wildman–Crippen MR) is 73.6 cm³/mol. The van der Waals surface area contributed by atoms with Crippen LogP contribution in [0.5, 0.6) is 0 Å². The van der Waals surface area contributed by atoms with Gasteiger partial charge in [-0.1, -0.05) is 0 Å². The molecule has 1 atom stereocenters. The molecule has 0 fully saturated rings. The van der Waals surface area contributed by atoms with Gasteiger partial charge in [0.1, 0.15) is 11.5 Å². The average molecular weight is 315 g/mol. The molecule has 0 spiro atoms. The van der Waals surface area contributed by atoms with Gasteiger partial charge in [-0.25, -0.2) is 0 Å². The van der Waals surface area contributed by atoms with Gasteiger partial charge in [0.05, 0.1) is 6.10 Å². The van der Waals surface area contributed by atoms with E-state index in [2.05, 4.69) is 15.9 Å². The van der Waals surface area contributed by atoms with Crippen molar-refractivity contribution in [2.45, 2.75) is 33.3 Å². The second-order valence-corrected chi connectivity index (χ2v) is 6.12. The molecule has 0 aliphatic rings. The maximum absolute atomic E-state index is 10.3. The number of aliphatic hydroxyl groups excluding tert-OH is 1. The van der Waals surface area contributed by atoms with Crippen LogP contribution in [0.15, 0.2) is 20.3 Å². The van der Waals surface area contributed by atoms with Crippen molar-refractivity contribution in [1.29, 1.82) is 0 Å². The Hall–Kier alpha value is -0.580. The molecule has 0 aliphatic carbocycles. The van der Waals surface area contributed by atoms with Crippen LogP contribution >= 0.6 is 27.3 Å². The van der Waals surface area contributed by atoms with Crippen molar-refractivity contribution in [2.24, 2.45) is 0 Å². The Bertz CT molecular complexity index is 528. The van der Waals surface area contributed by atoms with E-state index in [4.69, 9.17) is 4.42 Å². The lowest BCUT2D eigenvalue weighted by Crippen LogP contribution is -2.02. The number of furan rings is 1. The van der Waals surface area contributed by atoms with Crippen LogP contribution in [-0.2, 0) is 6.42 Å². The molecule has 0 bridgehead atoms. The Morgan fingerprint density at radius 1 is 1.35 bits per heavy atom. The van der Waals surface area contributed by atoms with Gasteiger partial charge >= 0.3 is 0 Å². The number of aliphatic hydroxyl groups is 1. The van der Waals surface area contributed by atoms with Crippen molar-refractivity contribution < 1.29 is 9.52 Å². The third-order valence-corrected chi connectivity index (χ3v) is 4.69. The maximum atomic E-state index is 10.3. The number of rotatable bonds is 3. The van der Waals surface area contributed by atoms with Crippen LogP contribution < -0.4 is 0 Å². The zero-order valence-electron chi connectivity index (χ0n) is 10.1. The first-order valence-corrected chi connectivity index (χ1v) is 7.13. The average Bonchev–Trinajstić information content (AvgIpc) is 2.73. The van der Waals surface area contributed by atoms with E-state index in [1.807, 2.05) is 32.2 Å². The van der Waals surface area contributed by atoms with E-state index in [0.29, 0.717) is 6.42 Å². The predicted octanol–water partition coefficient (Wildman–Crippen LogP) is 4.30. The number of hydrogen-bond acceptors (Lipinski definition) is 3. The minimum atomic E-state index is -0.488. The van der Waals surface area contributed by atoms with Gasteiger partial charge in [0.2, 0.25) is 0 Å². The van der Waals surface area contributed by atoms with E-state index >= 15 is 0 Å². The summed E-state index contributed by atoms with van der Waals surface area (Å²) in [5, 5.41) is 12.3. The van der Waals surface area contributed by atoms with E-state index < -0.39 is 6.10 Å². The largest absolute Gasteiger partial charge is 0.466 e. The van der Waals surface area contributed by atoms with Gasteiger partial charge < -0.3 is 9.52 Å². The van der Waals surface area contributed by atoms with Crippen molar-refractivity contribution in [1.82, 2.24) is 0 Å². The monoisotopic (exact) mass is 314 g/mol. The summed E-state index contributed by atoms with van der Waals surface area (Å²) in [6.07, 6.45) is 0.148. The molecule has 0 amide bonds. The van der Waals surface area contributed by atoms with Crippen LogP contribution in [-0.4, -0.2) is 5.11 Å². The molecule has 0 saturated carbocycles. The Balaban J connectivity index is 2.22. The lowest BCUT2D eigenvalue weighted by atomic mass is 10.0. The van der Waals surface area contributed by atoms with Crippen LogP contribution in [0, 0.1) is 20.8 Å². The van der Waals surface area contributed by atoms with Crippen molar-refractivity contribution in [2.75, 3.05) is 0 Å². The number of aryl methyl sites for hydroxylation is 2. The molecule has 92 valence electrons. The van der Waals surface area contributed by atoms with Crippen LogP contribution in [0.4, 0.5) is 0 Å². The summed E-state index contributed by atoms with van der Waals surface area (Å²) in [5.41, 5.74) is 2.00. The van der Waals surface area contributed by atoms with Crippen molar-refractivity contribution in [3.63, 3.8) is 0 Å². The molecular weight excluding hydrogens is 300 g/mol. The molecule has 17 heavy (non-hydrogen) atoms. The summed E-state index contributed by atoms with van der Waals surface area (Å²) in [5.74, 6) is 1.71. The van der Waals surface area contributed by atoms with Gasteiger partial charge in [-0.3, -0.25) is 0 Å². The minimum Gasteiger partial charge on any atom is -0.466 e. The molecule has 2 aromatic rings. The highest BCUT2D eigenvalue weighted by Crippen LogP contribution is 2.31. The standard InChI is InChI=1S/C13H15BrO2S/c1-7-8(2)16-9(3)13(7)12(15)5-11-4-10(14)6-17-11/h4,6,12,15H,5H2,1-3H3. The van der Waals surface area contributed by atoms with Crippen molar-refractivity contribution in [3.8, 4) is 0 Å². The van der Waals surface area contributed by atoms with Crippen molar-refractivity contribution in [3.05, 3.63) is 43.4 Å². The summed E-state index contributed by atoms with van der Waals surface area (Å²) in [6.45, 7) is 5.83. The SMILES string of the molecule is Cc1oc(C)c(C(O)Cc2cc(Br)cs2)c1C. The highest BCUT2D eigenvalue weighted by Gasteiger charge is 2.19. The van der Waals surface area contributed by atoms with Crippen LogP contribution in [0.25, 0.3) is 0 Å². The fourth-order valence-corrected chi connectivity index (χ4v) is 3.54. The van der Waals surface area contributed by atoms with Crippen LogP contribution in [0.3, 0.4) is 0 Å². The first kappa shape index (κ1) is 12.9. The third-order valence-electron chi connectivity index (χ3n) is 2.97. The molecule has 2 rings (SSSR count). The van der Waals surface area contributed by atoms with Gasteiger partial charge in [-0.2, -0.15) is 0 Å². The molecule has 4 heteroatoms. The molecule has 2 aromatic heterocycles. The highest BCUT2D eigenvalue weighted by atomic mass is 79.9. The summed E-state index contributed by atoms with van der Waals surface area (Å²) in [7, 11) is 0. The Kier molecular flexibility index (Phi) is 3.76. The van der Waals surface area contributed by atoms with Crippen LogP contribution in [0.1, 0.15) is 33.6 Å². The molecule has 1 N–H and O–H groups in total. The first-order valence-electron chi connectivity index (χ1n) is 5.46. The van der Waals surface area contributed by atoms with E-state index in [0.717, 1.165) is 27.1 Å². The van der Waals surface area contributed by atoms with Crippen LogP contribution in [0.2, 0.25) is 0 Å². The molecule has 2 nitrogen and oxygen atoms in total. The van der Waals surface area contributed by atoms with Gasteiger partial charge in [0.15, 0.2) is 0 Å². The number of halogens is 1. The van der Waals surface area contributed by atoms with E-state index in [9.17, 15) is 5.11 Å². The fourth-order valence-electron chi connectivity index (χ4n) is 2.05. The number of thiophene rings is 1. The molecule has 0 saturated heterocycles. The Morgan fingerprint density at radius 3 is 2.53 bits per heavy atom. The van der Waals surface area contributed by atoms with Crippen molar-refractivity contribution >= 4 is 27.3 Å². The molecule has 0 aliphatic heterocycles. The minimum absolute atomic E-state index is 0.488. The molecule has 1 unspecified atom stereocenters. The lowest BCUT2D eigenvalue weighted by Gasteiger charge is -2.09. The van der Waals surface area contributed by atoms with Gasteiger partial charge in [-0.15, -0.1) is 11.3 Å². The smallest absolute Gasteiger partial charge is 0.107 e. The maximum Gasteiger partial charge on any atom is 0.107 e. The Morgan fingerprint density at radius 2 is 2.06 bits per heavy atom. The second kappa shape index (κ2) is 4.96. The normalized spacial score (nSPS) is 13.0. The fraction of sp³-hybridized carbons (Fsp3) is 0.385. The highest BCUT2D eigenvalue weighted by molar-refractivity contribution is 9.10. The van der Waals surface area contributed by atoms with Gasteiger partial charge in [0, 0.05) is 26.7 Å². The number of hydrogen-bond donors (Lipinski definition) is 1. The molecule has 2 heterocycles. The third kappa shape index (κ3) is 2.64.